The number of hydrogen-bond acceptors (Lipinski definition) is 2. The van der Waals surface area contributed by atoms with Crippen LogP contribution in [-0.2, 0) is 21.8 Å². The Bertz CT molecular complexity index is 906. The third-order valence-corrected chi connectivity index (χ3v) is 14.9. The van der Waals surface area contributed by atoms with E-state index in [1.165, 1.54) is 28.9 Å². The Kier molecular flexibility index (Phi) is 8.47. The van der Waals surface area contributed by atoms with Gasteiger partial charge in [-0.2, -0.15) is 0 Å². The molecule has 0 radical (unpaired) electrons. The Morgan fingerprint density at radius 2 is 1.33 bits per heavy atom. The van der Waals surface area contributed by atoms with Crippen LogP contribution in [0, 0.1) is 0 Å². The van der Waals surface area contributed by atoms with Crippen LogP contribution in [0.4, 0.5) is 11.4 Å². The molecule has 0 atom stereocenters. The third kappa shape index (κ3) is 4.45. The molecule has 161 valence electrons. The zero-order valence-corrected chi connectivity index (χ0v) is 22.9. The number of fused-ring (bicyclic) bond motifs is 3. The van der Waals surface area contributed by atoms with Crippen LogP contribution in [0.1, 0.15) is 35.0 Å². The molecule has 0 amide bonds. The van der Waals surface area contributed by atoms with Gasteiger partial charge in [-0.1, -0.05) is 0 Å². The van der Waals surface area contributed by atoms with E-state index in [1.54, 1.807) is 14.4 Å². The number of allylic oxidation sites excluding steroid dienone is 4. The number of anilines is 2. The van der Waals surface area contributed by atoms with Gasteiger partial charge in [0, 0.05) is 0 Å². The predicted molar refractivity (Wildman–Crippen MR) is 134 cm³/mol. The molecule has 0 spiro atoms. The van der Waals surface area contributed by atoms with Crippen molar-refractivity contribution in [1.29, 1.82) is 0 Å². The zero-order chi connectivity index (χ0) is 20.0. The average molecular weight is 524 g/mol. The fourth-order valence-corrected chi connectivity index (χ4v) is 13.5. The molecule has 30 heavy (non-hydrogen) atoms. The molecule has 2 nitrogen and oxygen atoms in total. The summed E-state index contributed by atoms with van der Waals surface area (Å²) < 4.78 is 3.16. The number of nitrogens with zero attached hydrogens (tertiary/aromatic N) is 2. The average Bonchev–Trinajstić information content (AvgIpc) is 3.28. The summed E-state index contributed by atoms with van der Waals surface area (Å²) >= 11 is -1.96. The van der Waals surface area contributed by atoms with Gasteiger partial charge in [-0.15, -0.1) is 24.8 Å². The van der Waals surface area contributed by atoms with Crippen LogP contribution >= 0.6 is 24.8 Å². The van der Waals surface area contributed by atoms with Gasteiger partial charge >= 0.3 is 179 Å². The fraction of sp³-hybridized carbons (Fsp3) is 0.360. The summed E-state index contributed by atoms with van der Waals surface area (Å²) in [6.45, 7) is 4.94. The van der Waals surface area contributed by atoms with Gasteiger partial charge in [-0.3, -0.25) is 0 Å². The molecule has 0 saturated carbocycles. The van der Waals surface area contributed by atoms with Gasteiger partial charge in [0.1, 0.15) is 0 Å². The standard InChI is InChI=1S/C17H19N2.C5H5.C3H7.2ClH.Zr/c1-18(2)14-5-7-16-12(10-14)9-13-11-15(19(3)4)6-8-17(13)16;1-2-4-5-3-1;1-3-2;;;/h5-11H,1-4H3;1-3H,4H2;3H,1-2H3;2*1H;. The monoisotopic (exact) mass is 521 g/mol. The van der Waals surface area contributed by atoms with Crippen LogP contribution in [0.3, 0.4) is 0 Å². The minimum absolute atomic E-state index is 0. The summed E-state index contributed by atoms with van der Waals surface area (Å²) in [5.41, 5.74) is 8.70. The summed E-state index contributed by atoms with van der Waals surface area (Å²) in [7, 11) is 8.59. The van der Waals surface area contributed by atoms with Crippen LogP contribution in [0.25, 0.3) is 11.1 Å². The molecule has 0 saturated heterocycles. The number of benzene rings is 2. The summed E-state index contributed by atoms with van der Waals surface area (Å²) in [6.07, 6.45) is 8.25. The van der Waals surface area contributed by atoms with Crippen LogP contribution in [0.2, 0.25) is 3.63 Å². The van der Waals surface area contributed by atoms with Gasteiger partial charge in [0.05, 0.1) is 0 Å². The van der Waals surface area contributed by atoms with Crippen molar-refractivity contribution in [3.8, 4) is 11.1 Å². The van der Waals surface area contributed by atoms with E-state index in [0.29, 0.717) is 3.63 Å². The molecule has 0 aromatic heterocycles. The van der Waals surface area contributed by atoms with Gasteiger partial charge in [0.25, 0.3) is 0 Å². The fourth-order valence-electron chi connectivity index (χ4n) is 4.68. The normalized spacial score (nSPS) is 13.9. The number of rotatable bonds is 5. The zero-order valence-electron chi connectivity index (χ0n) is 18.8. The van der Waals surface area contributed by atoms with Crippen molar-refractivity contribution in [3.05, 3.63) is 69.0 Å². The Morgan fingerprint density at radius 1 is 0.833 bits per heavy atom. The SMILES string of the molecule is C[CH](C)[Zr]([C]1=CC=CC1)[CH]1c2cc(N(C)C)ccc2-c2ccc(N(C)C)cc21.Cl.Cl. The first-order valence-electron chi connectivity index (χ1n) is 10.2. The smallest absolute Gasteiger partial charge is 0.147 e. The van der Waals surface area contributed by atoms with E-state index in [-0.39, 0.29) is 24.8 Å². The van der Waals surface area contributed by atoms with Gasteiger partial charge in [0.2, 0.25) is 0 Å². The first-order chi connectivity index (χ1) is 13.4. The van der Waals surface area contributed by atoms with E-state index in [0.717, 1.165) is 3.63 Å². The van der Waals surface area contributed by atoms with Crippen molar-refractivity contribution in [1.82, 2.24) is 0 Å². The minimum atomic E-state index is -1.96. The van der Waals surface area contributed by atoms with Gasteiger partial charge < -0.3 is 0 Å². The van der Waals surface area contributed by atoms with Crippen LogP contribution in [0.5, 0.6) is 0 Å². The molecule has 0 aliphatic heterocycles. The molecule has 2 aromatic carbocycles. The van der Waals surface area contributed by atoms with Crippen molar-refractivity contribution < 1.29 is 21.8 Å². The molecule has 0 N–H and O–H groups in total. The molecule has 5 heteroatoms. The Morgan fingerprint density at radius 3 is 1.70 bits per heavy atom. The quantitative estimate of drug-likeness (QED) is 0.416. The Hall–Kier alpha value is -1.02. The van der Waals surface area contributed by atoms with E-state index in [9.17, 15) is 0 Å². The van der Waals surface area contributed by atoms with Crippen LogP contribution in [-0.4, -0.2) is 28.2 Å². The summed E-state index contributed by atoms with van der Waals surface area (Å²) in [4.78, 5) is 4.47. The summed E-state index contributed by atoms with van der Waals surface area (Å²) in [5, 5.41) is 0. The second kappa shape index (κ2) is 10.1. The number of hydrogen-bond donors (Lipinski definition) is 0. The molecular weight excluding hydrogens is 490 g/mol. The number of halogens is 2. The van der Waals surface area contributed by atoms with Crippen molar-refractivity contribution in [2.75, 3.05) is 38.0 Å². The molecule has 2 aromatic rings. The van der Waals surface area contributed by atoms with E-state index in [4.69, 9.17) is 0 Å². The Balaban J connectivity index is 0.00000160. The topological polar surface area (TPSA) is 6.48 Å². The minimum Gasteiger partial charge on any atom is -0.147 e. The molecule has 0 unspecified atom stereocenters. The molecule has 4 rings (SSSR count). The molecule has 2 aliphatic carbocycles. The maximum atomic E-state index is 2.47. The molecule has 0 bridgehead atoms. The van der Waals surface area contributed by atoms with E-state index < -0.39 is 21.8 Å². The first-order valence-corrected chi connectivity index (χ1v) is 14.3. The van der Waals surface area contributed by atoms with E-state index in [1.807, 2.05) is 0 Å². The molecular formula is C25H33Cl2N2Zr. The van der Waals surface area contributed by atoms with Gasteiger partial charge in [-0.25, -0.2) is 0 Å². The maximum Gasteiger partial charge on any atom is -0.147 e. The van der Waals surface area contributed by atoms with Crippen molar-refractivity contribution >= 4 is 36.2 Å². The Labute approximate surface area is 202 Å². The molecule has 0 heterocycles. The van der Waals surface area contributed by atoms with Crippen molar-refractivity contribution in [2.24, 2.45) is 0 Å². The van der Waals surface area contributed by atoms with Crippen molar-refractivity contribution in [2.45, 2.75) is 27.5 Å². The van der Waals surface area contributed by atoms with E-state index in [2.05, 4.69) is 106 Å². The maximum absolute atomic E-state index is 2.47. The van der Waals surface area contributed by atoms with Crippen molar-refractivity contribution in [3.63, 3.8) is 0 Å². The predicted octanol–water partition coefficient (Wildman–Crippen LogP) is 7.02. The van der Waals surface area contributed by atoms with Gasteiger partial charge in [-0.05, 0) is 0 Å². The van der Waals surface area contributed by atoms with Crippen LogP contribution < -0.4 is 9.80 Å². The molecule has 2 aliphatic rings. The second-order valence-corrected chi connectivity index (χ2v) is 16.8. The third-order valence-electron chi connectivity index (χ3n) is 6.09. The largest absolute Gasteiger partial charge is 0.147 e. The first kappa shape index (κ1) is 25.2. The van der Waals surface area contributed by atoms with E-state index >= 15 is 0 Å². The molecule has 0 fully saturated rings. The van der Waals surface area contributed by atoms with Gasteiger partial charge in [0.15, 0.2) is 0 Å². The van der Waals surface area contributed by atoms with Crippen LogP contribution in [0.15, 0.2) is 57.9 Å². The summed E-state index contributed by atoms with van der Waals surface area (Å²) in [5.74, 6) is 0. The summed E-state index contributed by atoms with van der Waals surface area (Å²) in [6, 6.07) is 14.2. The second-order valence-electron chi connectivity index (χ2n) is 8.70.